The van der Waals surface area contributed by atoms with Gasteiger partial charge in [-0.2, -0.15) is 0 Å². The van der Waals surface area contributed by atoms with Crippen LogP contribution in [0, 0.1) is 0 Å². The molecule has 0 aromatic heterocycles. The number of phenolic OH excluding ortho intramolecular Hbond substituents is 1. The topological polar surface area (TPSA) is 79.3 Å². The smallest absolute Gasteiger partial charge is 0.253 e. The third-order valence-electron chi connectivity index (χ3n) is 6.00. The van der Waals surface area contributed by atoms with Gasteiger partial charge in [-0.25, -0.2) is 0 Å². The van der Waals surface area contributed by atoms with E-state index in [4.69, 9.17) is 9.47 Å². The van der Waals surface area contributed by atoms with E-state index in [0.717, 1.165) is 17.7 Å². The molecule has 0 radical (unpaired) electrons. The number of benzene rings is 3. The summed E-state index contributed by atoms with van der Waals surface area (Å²) in [5.41, 5.74) is 2.41. The minimum absolute atomic E-state index is 0.0284. The highest BCUT2D eigenvalue weighted by Gasteiger charge is 2.28. The zero-order chi connectivity index (χ0) is 23.9. The minimum Gasteiger partial charge on any atom is -0.508 e. The van der Waals surface area contributed by atoms with Crippen LogP contribution in [0.2, 0.25) is 0 Å². The molecule has 1 fully saturated rings. The summed E-state index contributed by atoms with van der Waals surface area (Å²) < 4.78 is 11.0. The first-order valence-electron chi connectivity index (χ1n) is 11.3. The molecule has 0 unspecified atom stereocenters. The maximum Gasteiger partial charge on any atom is 0.253 e. The predicted molar refractivity (Wildman–Crippen MR) is 129 cm³/mol. The Kier molecular flexibility index (Phi) is 7.44. The predicted octanol–water partition coefficient (Wildman–Crippen LogP) is 4.60. The molecular weight excluding hydrogens is 432 g/mol. The molecule has 0 saturated carbocycles. The largest absolute Gasteiger partial charge is 0.508 e. The summed E-state index contributed by atoms with van der Waals surface area (Å²) in [5.74, 6) is 1.35. The summed E-state index contributed by atoms with van der Waals surface area (Å²) in [4.78, 5) is 28.6. The number of hydrogen-bond donors (Lipinski definition) is 1. The monoisotopic (exact) mass is 460 g/mol. The lowest BCUT2D eigenvalue weighted by molar-refractivity contribution is -0.108. The number of aromatic hydroxyl groups is 1. The number of piperidine rings is 1. The van der Waals surface area contributed by atoms with Crippen LogP contribution >= 0.6 is 0 Å². The molecule has 0 aliphatic carbocycles. The molecule has 0 bridgehead atoms. The number of hydrogen-bond acceptors (Lipinski definition) is 5. The highest BCUT2D eigenvalue weighted by Crippen LogP contribution is 2.28. The summed E-state index contributed by atoms with van der Waals surface area (Å²) in [7, 11) is 1.64. The van der Waals surface area contributed by atoms with Gasteiger partial charge in [0.1, 0.15) is 17.2 Å². The molecule has 1 aliphatic rings. The normalized spacial score (nSPS) is 14.0. The van der Waals surface area contributed by atoms with E-state index in [9.17, 15) is 14.7 Å². The minimum atomic E-state index is -0.0351. The number of carbonyl (C=O) groups excluding carboxylic acids is 2. The van der Waals surface area contributed by atoms with Gasteiger partial charge in [-0.05, 0) is 67.4 Å². The van der Waals surface area contributed by atoms with Crippen molar-refractivity contribution >= 4 is 18.0 Å². The Morgan fingerprint density at radius 2 is 1.62 bits per heavy atom. The van der Waals surface area contributed by atoms with Crippen LogP contribution in [0.3, 0.4) is 0 Å². The molecule has 0 atom stereocenters. The maximum atomic E-state index is 13.0. The van der Waals surface area contributed by atoms with E-state index in [-0.39, 0.29) is 17.7 Å². The van der Waals surface area contributed by atoms with Crippen LogP contribution in [0.15, 0.2) is 72.8 Å². The van der Waals surface area contributed by atoms with Gasteiger partial charge in [-0.1, -0.05) is 18.2 Å². The number of likely N-dealkylation sites (tertiary alicyclic amines) is 1. The van der Waals surface area contributed by atoms with E-state index < -0.39 is 0 Å². The van der Waals surface area contributed by atoms with Gasteiger partial charge in [0.05, 0.1) is 6.61 Å². The van der Waals surface area contributed by atoms with Crippen LogP contribution in [0.25, 0.3) is 0 Å². The second-order valence-corrected chi connectivity index (χ2v) is 8.22. The molecule has 4 rings (SSSR count). The number of amides is 2. The van der Waals surface area contributed by atoms with E-state index >= 15 is 0 Å². The molecule has 3 aromatic rings. The van der Waals surface area contributed by atoms with Crippen molar-refractivity contribution in [2.24, 2.45) is 0 Å². The Bertz CT molecular complexity index is 1110. The quantitative estimate of drug-likeness (QED) is 0.497. The van der Waals surface area contributed by atoms with Crippen LogP contribution in [-0.4, -0.2) is 48.6 Å². The van der Waals surface area contributed by atoms with Gasteiger partial charge in [0.2, 0.25) is 6.41 Å². The SMILES string of the molecule is COCc1ccccc1N(C=O)C1CCN(C(=O)c2ccc(Oc3ccc(O)cc3)cc2)CC1. The maximum absolute atomic E-state index is 13.0. The fraction of sp³-hybridized carbons (Fsp3) is 0.259. The number of nitrogens with zero attached hydrogens (tertiary/aromatic N) is 2. The zero-order valence-electron chi connectivity index (χ0n) is 19.1. The van der Waals surface area contributed by atoms with Crippen LogP contribution in [-0.2, 0) is 16.1 Å². The summed E-state index contributed by atoms with van der Waals surface area (Å²) in [6, 6.07) is 21.3. The highest BCUT2D eigenvalue weighted by atomic mass is 16.5. The van der Waals surface area contributed by atoms with Gasteiger partial charge in [-0.3, -0.25) is 9.59 Å². The number of methoxy groups -OCH3 is 1. The van der Waals surface area contributed by atoms with Crippen molar-refractivity contribution in [2.75, 3.05) is 25.1 Å². The van der Waals surface area contributed by atoms with Crippen molar-refractivity contribution in [2.45, 2.75) is 25.5 Å². The Labute approximate surface area is 199 Å². The lowest BCUT2D eigenvalue weighted by atomic mass is 10.0. The molecule has 2 amide bonds. The van der Waals surface area contributed by atoms with Crippen molar-refractivity contribution < 1.29 is 24.2 Å². The number of rotatable bonds is 8. The van der Waals surface area contributed by atoms with E-state index in [1.165, 1.54) is 0 Å². The van der Waals surface area contributed by atoms with Crippen LogP contribution < -0.4 is 9.64 Å². The Balaban J connectivity index is 1.36. The summed E-state index contributed by atoms with van der Waals surface area (Å²) in [5, 5.41) is 9.37. The zero-order valence-corrected chi connectivity index (χ0v) is 19.1. The van der Waals surface area contributed by atoms with E-state index in [2.05, 4.69) is 0 Å². The van der Waals surface area contributed by atoms with Gasteiger partial charge in [0, 0.05) is 43.1 Å². The lowest BCUT2D eigenvalue weighted by Gasteiger charge is -2.37. The van der Waals surface area contributed by atoms with Crippen LogP contribution in [0.5, 0.6) is 17.2 Å². The summed E-state index contributed by atoms with van der Waals surface area (Å²) >= 11 is 0. The molecule has 34 heavy (non-hydrogen) atoms. The van der Waals surface area contributed by atoms with Gasteiger partial charge < -0.3 is 24.4 Å². The van der Waals surface area contributed by atoms with Gasteiger partial charge in [0.15, 0.2) is 0 Å². The molecule has 7 nitrogen and oxygen atoms in total. The first-order valence-corrected chi connectivity index (χ1v) is 11.3. The fourth-order valence-electron chi connectivity index (χ4n) is 4.23. The average Bonchev–Trinajstić information content (AvgIpc) is 2.87. The fourth-order valence-corrected chi connectivity index (χ4v) is 4.23. The third kappa shape index (κ3) is 5.38. The van der Waals surface area contributed by atoms with E-state index in [1.807, 2.05) is 29.2 Å². The Morgan fingerprint density at radius 3 is 2.24 bits per heavy atom. The molecule has 1 saturated heterocycles. The van der Waals surface area contributed by atoms with E-state index in [1.54, 1.807) is 60.5 Å². The van der Waals surface area contributed by atoms with Crippen molar-refractivity contribution in [3.63, 3.8) is 0 Å². The molecule has 1 heterocycles. The molecule has 7 heteroatoms. The number of anilines is 1. The highest BCUT2D eigenvalue weighted by molar-refractivity contribution is 5.94. The second kappa shape index (κ2) is 10.9. The van der Waals surface area contributed by atoms with Crippen molar-refractivity contribution in [3.8, 4) is 17.2 Å². The molecule has 1 N–H and O–H groups in total. The van der Waals surface area contributed by atoms with E-state index in [0.29, 0.717) is 49.6 Å². The second-order valence-electron chi connectivity index (χ2n) is 8.22. The molecule has 3 aromatic carbocycles. The van der Waals surface area contributed by atoms with Crippen molar-refractivity contribution in [1.29, 1.82) is 0 Å². The number of para-hydroxylation sites is 1. The molecular formula is C27H28N2O5. The first kappa shape index (κ1) is 23.3. The Morgan fingerprint density at radius 1 is 1.00 bits per heavy atom. The molecule has 176 valence electrons. The number of carbonyl (C=O) groups is 2. The molecule has 0 spiro atoms. The standard InChI is InChI=1S/C27H28N2O5/c1-33-18-21-4-2-3-5-26(21)29(19-30)22-14-16-28(17-15-22)27(32)20-6-10-24(11-7-20)34-25-12-8-23(31)9-13-25/h2-13,19,22,31H,14-18H2,1H3. The third-order valence-corrected chi connectivity index (χ3v) is 6.00. The number of ether oxygens (including phenoxy) is 2. The number of phenols is 1. The van der Waals surface area contributed by atoms with Gasteiger partial charge >= 0.3 is 0 Å². The summed E-state index contributed by atoms with van der Waals surface area (Å²) in [6.45, 7) is 1.59. The van der Waals surface area contributed by atoms with Crippen molar-refractivity contribution in [3.05, 3.63) is 83.9 Å². The summed E-state index contributed by atoms with van der Waals surface area (Å²) in [6.07, 6.45) is 2.28. The lowest BCUT2D eigenvalue weighted by Crippen LogP contribution is -2.46. The van der Waals surface area contributed by atoms with Crippen LogP contribution in [0.4, 0.5) is 5.69 Å². The molecule has 1 aliphatic heterocycles. The van der Waals surface area contributed by atoms with Crippen LogP contribution in [0.1, 0.15) is 28.8 Å². The van der Waals surface area contributed by atoms with Crippen molar-refractivity contribution in [1.82, 2.24) is 4.90 Å². The average molecular weight is 461 g/mol. The Hall–Kier alpha value is -3.84. The van der Waals surface area contributed by atoms with Gasteiger partial charge in [-0.15, -0.1) is 0 Å². The van der Waals surface area contributed by atoms with Gasteiger partial charge in [0.25, 0.3) is 5.91 Å². The first-order chi connectivity index (χ1) is 16.6.